The van der Waals surface area contributed by atoms with Gasteiger partial charge in [0.2, 0.25) is 0 Å². The summed E-state index contributed by atoms with van der Waals surface area (Å²) in [7, 11) is 0. The number of rotatable bonds is 4. The van der Waals surface area contributed by atoms with E-state index in [2.05, 4.69) is 5.32 Å². The molecule has 0 aliphatic heterocycles. The minimum atomic E-state index is -0.722. The van der Waals surface area contributed by atoms with Crippen LogP contribution >= 0.6 is 11.3 Å². The van der Waals surface area contributed by atoms with Crippen LogP contribution in [0.25, 0.3) is 0 Å². The third kappa shape index (κ3) is 3.64. The van der Waals surface area contributed by atoms with E-state index in [1.165, 1.54) is 41.0 Å². The highest BCUT2D eigenvalue weighted by atomic mass is 32.1. The zero-order valence-corrected chi connectivity index (χ0v) is 13.1. The number of thiophene rings is 1. The van der Waals surface area contributed by atoms with E-state index in [0.717, 1.165) is 25.7 Å². The van der Waals surface area contributed by atoms with Crippen molar-refractivity contribution in [2.45, 2.75) is 64.0 Å². The third-order valence-electron chi connectivity index (χ3n) is 4.02. The number of carbonyl (C=O) groups is 2. The van der Waals surface area contributed by atoms with Crippen molar-refractivity contribution < 1.29 is 14.3 Å². The van der Waals surface area contributed by atoms with Gasteiger partial charge in [-0.05, 0) is 57.1 Å². The van der Waals surface area contributed by atoms with Crippen molar-refractivity contribution in [1.82, 2.24) is 5.32 Å². The molecule has 0 spiro atoms. The molecule has 1 N–H and O–H groups in total. The molecular formula is C16H21NO3S. The highest BCUT2D eigenvalue weighted by Crippen LogP contribution is 2.29. The molecule has 2 aliphatic rings. The van der Waals surface area contributed by atoms with Gasteiger partial charge in [0, 0.05) is 10.9 Å². The van der Waals surface area contributed by atoms with E-state index in [4.69, 9.17) is 4.74 Å². The summed E-state index contributed by atoms with van der Waals surface area (Å²) < 4.78 is 5.30. The molecule has 1 aromatic rings. The molecule has 1 amide bonds. The Morgan fingerprint density at radius 1 is 1.29 bits per heavy atom. The van der Waals surface area contributed by atoms with Crippen LogP contribution in [0.2, 0.25) is 0 Å². The van der Waals surface area contributed by atoms with Crippen molar-refractivity contribution in [3.8, 4) is 0 Å². The lowest BCUT2D eigenvalue weighted by Crippen LogP contribution is -2.36. The smallest absolute Gasteiger partial charge is 0.349 e. The van der Waals surface area contributed by atoms with Gasteiger partial charge in [-0.25, -0.2) is 4.79 Å². The van der Waals surface area contributed by atoms with Crippen LogP contribution in [0.4, 0.5) is 0 Å². The fraction of sp³-hybridized carbons (Fsp3) is 0.625. The molecule has 0 aromatic carbocycles. The summed E-state index contributed by atoms with van der Waals surface area (Å²) >= 11 is 1.53. The number of hydrogen-bond acceptors (Lipinski definition) is 4. The van der Waals surface area contributed by atoms with Gasteiger partial charge in [0.05, 0.1) is 0 Å². The van der Waals surface area contributed by atoms with Gasteiger partial charge >= 0.3 is 5.97 Å². The molecule has 0 bridgehead atoms. The summed E-state index contributed by atoms with van der Waals surface area (Å²) in [5.41, 5.74) is 1.29. The maximum Gasteiger partial charge on any atom is 0.349 e. The average molecular weight is 307 g/mol. The molecule has 4 nitrogen and oxygen atoms in total. The Kier molecular flexibility index (Phi) is 4.29. The van der Waals surface area contributed by atoms with E-state index in [-0.39, 0.29) is 17.9 Å². The number of ether oxygens (including phenoxy) is 1. The van der Waals surface area contributed by atoms with Gasteiger partial charge in [0.15, 0.2) is 6.10 Å². The number of fused-ring (bicyclic) bond motifs is 1. The Morgan fingerprint density at radius 3 is 2.81 bits per heavy atom. The Morgan fingerprint density at radius 2 is 2.05 bits per heavy atom. The number of carbonyl (C=O) groups excluding carboxylic acids is 2. The maximum absolute atomic E-state index is 12.2. The van der Waals surface area contributed by atoms with Crippen molar-refractivity contribution in [3.05, 3.63) is 21.4 Å². The molecule has 1 heterocycles. The monoisotopic (exact) mass is 307 g/mol. The molecule has 114 valence electrons. The van der Waals surface area contributed by atoms with E-state index < -0.39 is 6.10 Å². The quantitative estimate of drug-likeness (QED) is 0.687. The summed E-state index contributed by atoms with van der Waals surface area (Å²) in [6.45, 7) is 1.63. The molecule has 0 unspecified atom stereocenters. The summed E-state index contributed by atoms with van der Waals surface area (Å²) in [6, 6.07) is 2.25. The maximum atomic E-state index is 12.2. The first-order valence-electron chi connectivity index (χ1n) is 7.76. The highest BCUT2D eigenvalue weighted by Gasteiger charge is 2.28. The van der Waals surface area contributed by atoms with Gasteiger partial charge in [-0.2, -0.15) is 0 Å². The summed E-state index contributed by atoms with van der Waals surface area (Å²) in [4.78, 5) is 25.9. The van der Waals surface area contributed by atoms with E-state index >= 15 is 0 Å². The van der Waals surface area contributed by atoms with Crippen molar-refractivity contribution in [2.24, 2.45) is 0 Å². The summed E-state index contributed by atoms with van der Waals surface area (Å²) in [5.74, 6) is -0.560. The molecule has 5 heteroatoms. The molecule has 0 saturated heterocycles. The van der Waals surface area contributed by atoms with Crippen molar-refractivity contribution >= 4 is 23.2 Å². The number of esters is 1. The van der Waals surface area contributed by atoms with Crippen molar-refractivity contribution in [2.75, 3.05) is 0 Å². The second-order valence-electron chi connectivity index (χ2n) is 5.95. The molecule has 1 saturated carbocycles. The first-order valence-corrected chi connectivity index (χ1v) is 8.58. The van der Waals surface area contributed by atoms with Gasteiger partial charge < -0.3 is 10.1 Å². The molecule has 1 fully saturated rings. The van der Waals surface area contributed by atoms with Crippen LogP contribution in [0, 0.1) is 0 Å². The van der Waals surface area contributed by atoms with E-state index in [0.29, 0.717) is 4.88 Å². The fourth-order valence-corrected chi connectivity index (χ4v) is 3.72. The zero-order valence-electron chi connectivity index (χ0n) is 12.3. The Bertz CT molecular complexity index is 524. The minimum Gasteiger partial charge on any atom is -0.448 e. The minimum absolute atomic E-state index is 0.191. The van der Waals surface area contributed by atoms with Crippen LogP contribution in [0.5, 0.6) is 0 Å². The van der Waals surface area contributed by atoms with Gasteiger partial charge in [0.1, 0.15) is 4.88 Å². The second-order valence-corrected chi connectivity index (χ2v) is 7.09. The summed E-state index contributed by atoms with van der Waals surface area (Å²) in [5, 5.41) is 2.85. The Balaban J connectivity index is 1.60. The third-order valence-corrected chi connectivity index (χ3v) is 5.24. The first kappa shape index (κ1) is 14.6. The van der Waals surface area contributed by atoms with Crippen LogP contribution in [0.1, 0.15) is 59.1 Å². The van der Waals surface area contributed by atoms with Crippen LogP contribution in [0.15, 0.2) is 6.07 Å². The SMILES string of the molecule is C[C@@H](OC(=O)c1cc2c(s1)CCCCC2)C(=O)NC1CC1. The summed E-state index contributed by atoms with van der Waals surface area (Å²) in [6.07, 6.45) is 7.11. The van der Waals surface area contributed by atoms with Crippen LogP contribution in [-0.2, 0) is 22.4 Å². The van der Waals surface area contributed by atoms with Gasteiger partial charge in [-0.15, -0.1) is 11.3 Å². The molecule has 0 radical (unpaired) electrons. The standard InChI is InChI=1S/C16H21NO3S/c1-10(15(18)17-12-7-8-12)20-16(19)14-9-11-5-3-2-4-6-13(11)21-14/h9-10,12H,2-8H2,1H3,(H,17,18)/t10-/m1/s1. The topological polar surface area (TPSA) is 55.4 Å². The Hall–Kier alpha value is -1.36. The van der Waals surface area contributed by atoms with Gasteiger partial charge in [-0.3, -0.25) is 4.79 Å². The molecule has 1 aromatic heterocycles. The van der Waals surface area contributed by atoms with Crippen molar-refractivity contribution in [1.29, 1.82) is 0 Å². The fourth-order valence-electron chi connectivity index (χ4n) is 2.59. The predicted octanol–water partition coefficient (Wildman–Crippen LogP) is 2.84. The number of hydrogen-bond donors (Lipinski definition) is 1. The largest absolute Gasteiger partial charge is 0.448 e. The first-order chi connectivity index (χ1) is 10.1. The molecule has 1 atom stereocenters. The highest BCUT2D eigenvalue weighted by molar-refractivity contribution is 7.14. The van der Waals surface area contributed by atoms with Crippen LogP contribution in [0.3, 0.4) is 0 Å². The number of aryl methyl sites for hydroxylation is 2. The molecule has 21 heavy (non-hydrogen) atoms. The zero-order chi connectivity index (χ0) is 14.8. The van der Waals surface area contributed by atoms with Crippen molar-refractivity contribution in [3.63, 3.8) is 0 Å². The lowest BCUT2D eigenvalue weighted by Gasteiger charge is -2.12. The average Bonchev–Trinajstić information content (AvgIpc) is 3.22. The molecule has 2 aliphatic carbocycles. The lowest BCUT2D eigenvalue weighted by molar-refractivity contribution is -0.129. The lowest BCUT2D eigenvalue weighted by atomic mass is 10.1. The van der Waals surface area contributed by atoms with Crippen LogP contribution < -0.4 is 5.32 Å². The number of amides is 1. The Labute approximate surface area is 128 Å². The molecule has 3 rings (SSSR count). The van der Waals surface area contributed by atoms with E-state index in [1.54, 1.807) is 6.92 Å². The van der Waals surface area contributed by atoms with E-state index in [1.807, 2.05) is 6.07 Å². The van der Waals surface area contributed by atoms with Crippen LogP contribution in [-0.4, -0.2) is 24.0 Å². The second kappa shape index (κ2) is 6.18. The predicted molar refractivity (Wildman–Crippen MR) is 81.6 cm³/mol. The van der Waals surface area contributed by atoms with Gasteiger partial charge in [0.25, 0.3) is 5.91 Å². The normalized spacial score (nSPS) is 19.3. The molecular weight excluding hydrogens is 286 g/mol. The van der Waals surface area contributed by atoms with E-state index in [9.17, 15) is 9.59 Å². The van der Waals surface area contributed by atoms with Gasteiger partial charge in [-0.1, -0.05) is 6.42 Å². The number of nitrogens with one attached hydrogen (secondary N) is 1.